The first-order valence-corrected chi connectivity index (χ1v) is 10.7. The van der Waals surface area contributed by atoms with Gasteiger partial charge in [-0.1, -0.05) is 43.9 Å². The van der Waals surface area contributed by atoms with E-state index in [1.165, 1.54) is 37.7 Å². The van der Waals surface area contributed by atoms with Gasteiger partial charge in [0.2, 0.25) is 0 Å². The quantitative estimate of drug-likeness (QED) is 0.513. The summed E-state index contributed by atoms with van der Waals surface area (Å²) in [5.74, 6) is 8.58. The van der Waals surface area contributed by atoms with E-state index in [0.717, 1.165) is 17.9 Å². The van der Waals surface area contributed by atoms with Crippen LogP contribution in [0.1, 0.15) is 57.1 Å². The van der Waals surface area contributed by atoms with Gasteiger partial charge in [-0.25, -0.2) is 0 Å². The Balaban J connectivity index is 1.44. The van der Waals surface area contributed by atoms with Crippen molar-refractivity contribution in [1.82, 2.24) is 0 Å². The number of benzene rings is 1. The topological polar surface area (TPSA) is 18.5 Å². The third kappa shape index (κ3) is 5.47. The molecule has 1 aromatic carbocycles. The van der Waals surface area contributed by atoms with Gasteiger partial charge in [-0.05, 0) is 74.0 Å². The highest BCUT2D eigenvalue weighted by atomic mass is 16.6. The first-order chi connectivity index (χ1) is 13.2. The van der Waals surface area contributed by atoms with Gasteiger partial charge in [0.05, 0.1) is 19.3 Å². The molecular weight excluding hydrogens is 332 g/mol. The summed E-state index contributed by atoms with van der Waals surface area (Å²) >= 11 is 0. The van der Waals surface area contributed by atoms with Crippen LogP contribution in [-0.4, -0.2) is 25.4 Å². The Kier molecular flexibility index (Phi) is 7.56. The van der Waals surface area contributed by atoms with Crippen LogP contribution in [0.15, 0.2) is 36.9 Å². The molecule has 3 atom stereocenters. The number of allylic oxidation sites excluding steroid dienone is 1. The predicted molar refractivity (Wildman–Crippen MR) is 112 cm³/mol. The number of aryl methyl sites for hydroxylation is 1. The molecule has 2 heteroatoms. The molecule has 0 N–H and O–H groups in total. The van der Waals surface area contributed by atoms with Crippen LogP contribution in [0.3, 0.4) is 0 Å². The van der Waals surface area contributed by atoms with Crippen LogP contribution in [0.2, 0.25) is 0 Å². The molecule has 0 spiro atoms. The van der Waals surface area contributed by atoms with Crippen LogP contribution >= 0.6 is 0 Å². The van der Waals surface area contributed by atoms with Crippen molar-refractivity contribution in [2.45, 2.75) is 64.6 Å². The molecule has 0 bridgehead atoms. The number of ether oxygens (including phenoxy) is 2. The predicted octanol–water partition coefficient (Wildman–Crippen LogP) is 5.40. The third-order valence-electron chi connectivity index (χ3n) is 6.38. The molecule has 1 heterocycles. The molecule has 1 saturated carbocycles. The first-order valence-electron chi connectivity index (χ1n) is 10.7. The van der Waals surface area contributed by atoms with Gasteiger partial charge in [0.25, 0.3) is 0 Å². The third-order valence-corrected chi connectivity index (χ3v) is 6.38. The zero-order valence-electron chi connectivity index (χ0n) is 17.0. The van der Waals surface area contributed by atoms with Crippen molar-refractivity contribution in [3.05, 3.63) is 48.0 Å². The fourth-order valence-corrected chi connectivity index (χ4v) is 4.50. The molecule has 27 heavy (non-hydrogen) atoms. The van der Waals surface area contributed by atoms with E-state index in [1.54, 1.807) is 0 Å². The zero-order valence-corrected chi connectivity index (χ0v) is 17.0. The van der Waals surface area contributed by atoms with Gasteiger partial charge in [-0.15, -0.1) is 6.58 Å². The molecular formula is C25H34O2. The van der Waals surface area contributed by atoms with Crippen LogP contribution in [-0.2, 0) is 15.9 Å². The Labute approximate surface area is 165 Å². The van der Waals surface area contributed by atoms with Crippen molar-refractivity contribution in [1.29, 1.82) is 0 Å². The van der Waals surface area contributed by atoms with Crippen LogP contribution in [0.25, 0.3) is 0 Å². The normalized spacial score (nSPS) is 29.4. The molecule has 2 nitrogen and oxygen atoms in total. The van der Waals surface area contributed by atoms with Gasteiger partial charge in [0.1, 0.15) is 6.10 Å². The Hall–Kier alpha value is -1.56. The van der Waals surface area contributed by atoms with Crippen LogP contribution < -0.4 is 0 Å². The second-order valence-electron chi connectivity index (χ2n) is 8.00. The molecule has 2 fully saturated rings. The van der Waals surface area contributed by atoms with Gasteiger partial charge in [0.15, 0.2) is 0 Å². The van der Waals surface area contributed by atoms with Crippen LogP contribution in [0.5, 0.6) is 0 Å². The van der Waals surface area contributed by atoms with Gasteiger partial charge < -0.3 is 9.47 Å². The molecule has 1 aliphatic carbocycles. The Bertz CT molecular complexity index is 635. The standard InChI is InChI=1S/C25H34O2/c1-4-19-7-9-20(10-8-19)11-16-24-17-27-25(18-26-24)23-14-12-22(13-15-23)21(5-2)6-3/h5,7-10,21-25H,2,4,6,12-15,17-18H2,1,3H3. The van der Waals surface area contributed by atoms with E-state index in [0.29, 0.717) is 25.0 Å². The average molecular weight is 367 g/mol. The molecule has 146 valence electrons. The molecule has 1 aromatic rings. The highest BCUT2D eigenvalue weighted by Crippen LogP contribution is 2.37. The van der Waals surface area contributed by atoms with Crippen molar-refractivity contribution >= 4 is 0 Å². The number of hydrogen-bond acceptors (Lipinski definition) is 2. The molecule has 3 rings (SSSR count). The Morgan fingerprint density at radius 3 is 2.37 bits per heavy atom. The molecule has 1 aliphatic heterocycles. The molecule has 3 unspecified atom stereocenters. The van der Waals surface area contributed by atoms with Gasteiger partial charge in [-0.2, -0.15) is 0 Å². The van der Waals surface area contributed by atoms with E-state index in [9.17, 15) is 0 Å². The van der Waals surface area contributed by atoms with E-state index < -0.39 is 0 Å². The summed E-state index contributed by atoms with van der Waals surface area (Å²) < 4.78 is 12.2. The van der Waals surface area contributed by atoms with Crippen molar-refractivity contribution < 1.29 is 9.47 Å². The lowest BCUT2D eigenvalue weighted by Gasteiger charge is -2.38. The highest BCUT2D eigenvalue weighted by Gasteiger charge is 2.33. The SMILES string of the molecule is C=CC(CC)C1CCC(C2COC(C#Cc3ccc(CC)cc3)CO2)CC1. The van der Waals surface area contributed by atoms with Crippen molar-refractivity contribution in [3.63, 3.8) is 0 Å². The van der Waals surface area contributed by atoms with Crippen molar-refractivity contribution in [2.75, 3.05) is 13.2 Å². The molecule has 0 amide bonds. The second-order valence-corrected chi connectivity index (χ2v) is 8.00. The lowest BCUT2D eigenvalue weighted by Crippen LogP contribution is -2.41. The van der Waals surface area contributed by atoms with Gasteiger partial charge in [-0.3, -0.25) is 0 Å². The van der Waals surface area contributed by atoms with E-state index in [2.05, 4.69) is 62.6 Å². The first kappa shape index (κ1) is 20.2. The summed E-state index contributed by atoms with van der Waals surface area (Å²) in [5, 5.41) is 0. The molecule has 1 saturated heterocycles. The van der Waals surface area contributed by atoms with E-state index in [4.69, 9.17) is 9.47 Å². The minimum Gasteiger partial charge on any atom is -0.372 e. The van der Waals surface area contributed by atoms with E-state index in [1.807, 2.05) is 0 Å². The average Bonchev–Trinajstić information content (AvgIpc) is 2.74. The summed E-state index contributed by atoms with van der Waals surface area (Å²) in [7, 11) is 0. The maximum absolute atomic E-state index is 6.16. The fraction of sp³-hybridized carbons (Fsp3) is 0.600. The molecule has 2 aliphatic rings. The maximum atomic E-state index is 6.16. The minimum atomic E-state index is -0.103. The van der Waals surface area contributed by atoms with Crippen LogP contribution in [0.4, 0.5) is 0 Å². The maximum Gasteiger partial charge on any atom is 0.141 e. The monoisotopic (exact) mass is 366 g/mol. The Morgan fingerprint density at radius 1 is 1.07 bits per heavy atom. The second kappa shape index (κ2) is 10.1. The number of hydrogen-bond donors (Lipinski definition) is 0. The largest absolute Gasteiger partial charge is 0.372 e. The summed E-state index contributed by atoms with van der Waals surface area (Å²) in [5.41, 5.74) is 2.39. The lowest BCUT2D eigenvalue weighted by molar-refractivity contribution is -0.138. The lowest BCUT2D eigenvalue weighted by atomic mass is 9.73. The fourth-order valence-electron chi connectivity index (χ4n) is 4.50. The van der Waals surface area contributed by atoms with Crippen LogP contribution in [0, 0.1) is 29.6 Å². The van der Waals surface area contributed by atoms with Crippen molar-refractivity contribution in [3.8, 4) is 11.8 Å². The Morgan fingerprint density at radius 2 is 1.81 bits per heavy atom. The van der Waals surface area contributed by atoms with E-state index in [-0.39, 0.29) is 12.2 Å². The van der Waals surface area contributed by atoms with Crippen molar-refractivity contribution in [2.24, 2.45) is 17.8 Å². The highest BCUT2D eigenvalue weighted by molar-refractivity contribution is 5.36. The summed E-state index contributed by atoms with van der Waals surface area (Å²) in [6.07, 6.45) is 9.67. The van der Waals surface area contributed by atoms with Gasteiger partial charge in [0, 0.05) is 5.56 Å². The van der Waals surface area contributed by atoms with E-state index >= 15 is 0 Å². The minimum absolute atomic E-state index is 0.103. The molecule has 0 radical (unpaired) electrons. The van der Waals surface area contributed by atoms with Gasteiger partial charge >= 0.3 is 0 Å². The summed E-state index contributed by atoms with van der Waals surface area (Å²) in [4.78, 5) is 0. The zero-order chi connectivity index (χ0) is 19.1. The molecule has 0 aromatic heterocycles. The smallest absolute Gasteiger partial charge is 0.141 e. The summed E-state index contributed by atoms with van der Waals surface area (Å²) in [6.45, 7) is 9.73. The number of rotatable bonds is 5. The summed E-state index contributed by atoms with van der Waals surface area (Å²) in [6, 6.07) is 8.46.